The van der Waals surface area contributed by atoms with Crippen LogP contribution in [0.15, 0.2) is 0 Å². The van der Waals surface area contributed by atoms with E-state index in [1.54, 1.807) is 0 Å². The van der Waals surface area contributed by atoms with Gasteiger partial charge in [0.05, 0.1) is 0 Å². The highest BCUT2D eigenvalue weighted by Gasteiger charge is 2.25. The number of hydrogen-bond acceptors (Lipinski definition) is 1. The summed E-state index contributed by atoms with van der Waals surface area (Å²) in [7, 11) is 6.84. The molecule has 1 nitrogen and oxygen atoms in total. The summed E-state index contributed by atoms with van der Waals surface area (Å²) in [5.74, 6) is 1.62. The van der Waals surface area contributed by atoms with Gasteiger partial charge in [0.1, 0.15) is 23.5 Å². The van der Waals surface area contributed by atoms with Crippen molar-refractivity contribution in [1.82, 2.24) is 0 Å². The van der Waals surface area contributed by atoms with Crippen molar-refractivity contribution in [1.29, 1.82) is 0 Å². The molecule has 1 saturated heterocycles. The normalized spacial score (nSPS) is 41.4. The molecule has 1 heterocycles. The molecular formula is C6H15B3O. The van der Waals surface area contributed by atoms with Gasteiger partial charge in [-0.05, 0) is 12.2 Å². The molecule has 10 heavy (non-hydrogen) atoms. The minimum absolute atomic E-state index is 0.531. The monoisotopic (exact) mass is 136 g/mol. The lowest BCUT2D eigenvalue weighted by Gasteiger charge is -2.33. The minimum atomic E-state index is 0.531. The van der Waals surface area contributed by atoms with Crippen LogP contribution in [0, 0.1) is 0 Å². The van der Waals surface area contributed by atoms with Crippen LogP contribution in [0.5, 0.6) is 0 Å². The maximum Gasteiger partial charge on any atom is 0.108 e. The van der Waals surface area contributed by atoms with E-state index in [4.69, 9.17) is 4.74 Å². The second kappa shape index (κ2) is 3.52. The quantitative estimate of drug-likeness (QED) is 0.405. The van der Waals surface area contributed by atoms with Gasteiger partial charge in [0.25, 0.3) is 0 Å². The third kappa shape index (κ3) is 1.60. The van der Waals surface area contributed by atoms with Crippen LogP contribution in [-0.4, -0.2) is 36.2 Å². The SMILES string of the molecule is BCC1OCCC(B)[C@@H]1B. The van der Waals surface area contributed by atoms with E-state index in [0.717, 1.165) is 18.2 Å². The molecular weight excluding hydrogens is 121 g/mol. The zero-order chi connectivity index (χ0) is 7.56. The van der Waals surface area contributed by atoms with Crippen LogP contribution in [0.25, 0.3) is 0 Å². The van der Waals surface area contributed by atoms with Gasteiger partial charge in [0, 0.05) is 12.7 Å². The summed E-state index contributed by atoms with van der Waals surface area (Å²) in [6, 6.07) is 0. The second-order valence-electron chi connectivity index (χ2n) is 3.44. The summed E-state index contributed by atoms with van der Waals surface area (Å²) in [6.45, 7) is 0.976. The molecule has 0 aromatic carbocycles. The summed E-state index contributed by atoms with van der Waals surface area (Å²) in [5.41, 5.74) is 0. The highest BCUT2D eigenvalue weighted by Crippen LogP contribution is 2.32. The van der Waals surface area contributed by atoms with E-state index in [2.05, 4.69) is 23.5 Å². The standard InChI is InChI=1S/C6H15B3O/c7-3-5-6(9)4(8)1-2-10-5/h4-6H,1-3,7-9H2/t4?,5?,6-/m0/s1. The molecule has 1 aliphatic heterocycles. The Morgan fingerprint density at radius 1 is 1.40 bits per heavy atom. The van der Waals surface area contributed by atoms with E-state index in [1.807, 2.05) is 0 Å². The molecule has 0 radical (unpaired) electrons. The molecule has 54 valence electrons. The van der Waals surface area contributed by atoms with Gasteiger partial charge >= 0.3 is 0 Å². The first kappa shape index (κ1) is 8.25. The highest BCUT2D eigenvalue weighted by molar-refractivity contribution is 6.22. The zero-order valence-corrected chi connectivity index (χ0v) is 7.26. The van der Waals surface area contributed by atoms with Gasteiger partial charge in [-0.1, -0.05) is 12.1 Å². The van der Waals surface area contributed by atoms with Crippen LogP contribution in [-0.2, 0) is 4.74 Å². The summed E-state index contributed by atoms with van der Waals surface area (Å²) in [5, 5.41) is 0. The molecule has 0 N–H and O–H groups in total. The third-order valence-corrected chi connectivity index (χ3v) is 2.79. The highest BCUT2D eigenvalue weighted by atomic mass is 16.5. The Kier molecular flexibility index (Phi) is 2.90. The molecule has 0 aromatic rings. The van der Waals surface area contributed by atoms with Crippen molar-refractivity contribution in [2.75, 3.05) is 6.61 Å². The lowest BCUT2D eigenvalue weighted by atomic mass is 9.60. The average Bonchev–Trinajstić information content (AvgIpc) is 1.95. The minimum Gasteiger partial charge on any atom is -0.379 e. The van der Waals surface area contributed by atoms with Crippen LogP contribution in [0.1, 0.15) is 6.42 Å². The van der Waals surface area contributed by atoms with Gasteiger partial charge in [0.15, 0.2) is 0 Å². The maximum absolute atomic E-state index is 5.61. The van der Waals surface area contributed by atoms with Crippen molar-refractivity contribution in [3.63, 3.8) is 0 Å². The van der Waals surface area contributed by atoms with Crippen LogP contribution in [0.3, 0.4) is 0 Å². The van der Waals surface area contributed by atoms with Gasteiger partial charge in [-0.3, -0.25) is 0 Å². The van der Waals surface area contributed by atoms with Crippen molar-refractivity contribution in [2.45, 2.75) is 30.5 Å². The fourth-order valence-corrected chi connectivity index (χ4v) is 1.68. The first-order chi connectivity index (χ1) is 4.75. The molecule has 4 heteroatoms. The van der Waals surface area contributed by atoms with Crippen LogP contribution >= 0.6 is 0 Å². The number of ether oxygens (including phenoxy) is 1. The summed E-state index contributed by atoms with van der Waals surface area (Å²) >= 11 is 0. The molecule has 1 aliphatic rings. The Labute approximate surface area is 66.1 Å². The summed E-state index contributed by atoms with van der Waals surface area (Å²) in [6.07, 6.45) is 2.95. The van der Waals surface area contributed by atoms with E-state index < -0.39 is 0 Å². The molecule has 0 aliphatic carbocycles. The van der Waals surface area contributed by atoms with Crippen LogP contribution < -0.4 is 0 Å². The molecule has 0 saturated carbocycles. The fraction of sp³-hybridized carbons (Fsp3) is 1.00. The molecule has 1 fully saturated rings. The topological polar surface area (TPSA) is 9.23 Å². The molecule has 0 aromatic heterocycles. The van der Waals surface area contributed by atoms with Crippen molar-refractivity contribution < 1.29 is 4.74 Å². The van der Waals surface area contributed by atoms with Crippen molar-refractivity contribution in [3.8, 4) is 0 Å². The third-order valence-electron chi connectivity index (χ3n) is 2.79. The number of rotatable bonds is 1. The molecule has 0 amide bonds. The summed E-state index contributed by atoms with van der Waals surface area (Å²) < 4.78 is 5.61. The van der Waals surface area contributed by atoms with E-state index in [9.17, 15) is 0 Å². The largest absolute Gasteiger partial charge is 0.379 e. The Morgan fingerprint density at radius 2 is 2.10 bits per heavy atom. The Hall–Kier alpha value is 0.155. The Balaban J connectivity index is 2.42. The fourth-order valence-electron chi connectivity index (χ4n) is 1.68. The number of hydrogen-bond donors (Lipinski definition) is 0. The zero-order valence-electron chi connectivity index (χ0n) is 7.26. The lowest BCUT2D eigenvalue weighted by Crippen LogP contribution is -2.29. The summed E-state index contributed by atoms with van der Waals surface area (Å²) in [4.78, 5) is 0. The van der Waals surface area contributed by atoms with Crippen molar-refractivity contribution >= 4 is 23.5 Å². The first-order valence-corrected chi connectivity index (χ1v) is 4.37. The maximum atomic E-state index is 5.61. The lowest BCUT2D eigenvalue weighted by molar-refractivity contribution is 0.0304. The Bertz CT molecular complexity index is 109. The molecule has 2 unspecified atom stereocenters. The van der Waals surface area contributed by atoms with Crippen LogP contribution in [0.2, 0.25) is 18.0 Å². The second-order valence-corrected chi connectivity index (χ2v) is 3.44. The van der Waals surface area contributed by atoms with E-state index in [1.165, 1.54) is 12.7 Å². The molecule has 0 bridgehead atoms. The van der Waals surface area contributed by atoms with E-state index >= 15 is 0 Å². The van der Waals surface area contributed by atoms with Crippen molar-refractivity contribution in [3.05, 3.63) is 0 Å². The van der Waals surface area contributed by atoms with Gasteiger partial charge in [0.2, 0.25) is 0 Å². The molecule has 1 rings (SSSR count). The van der Waals surface area contributed by atoms with Gasteiger partial charge < -0.3 is 4.74 Å². The van der Waals surface area contributed by atoms with Gasteiger partial charge in [-0.2, -0.15) is 0 Å². The van der Waals surface area contributed by atoms with Gasteiger partial charge in [-0.15, -0.1) is 0 Å². The van der Waals surface area contributed by atoms with Gasteiger partial charge in [-0.25, -0.2) is 0 Å². The van der Waals surface area contributed by atoms with E-state index in [0.29, 0.717) is 6.10 Å². The predicted molar refractivity (Wildman–Crippen MR) is 52.3 cm³/mol. The predicted octanol–water partition coefficient (Wildman–Crippen LogP) is -1.33. The first-order valence-electron chi connectivity index (χ1n) is 4.37. The molecule has 3 atom stereocenters. The average molecular weight is 136 g/mol. The smallest absolute Gasteiger partial charge is 0.108 e. The van der Waals surface area contributed by atoms with E-state index in [-0.39, 0.29) is 0 Å². The van der Waals surface area contributed by atoms with Crippen molar-refractivity contribution in [2.24, 2.45) is 0 Å². The molecule has 0 spiro atoms. The Morgan fingerprint density at radius 3 is 2.60 bits per heavy atom. The van der Waals surface area contributed by atoms with Crippen LogP contribution in [0.4, 0.5) is 0 Å².